The molecule has 0 saturated heterocycles. The molecule has 0 heterocycles. The minimum Gasteiger partial charge on any atom is -0.372 e. The molecule has 0 amide bonds. The molecule has 1 unspecified atom stereocenters. The predicted molar refractivity (Wildman–Crippen MR) is 59.3 cm³/mol. The molecule has 1 N–H and O–H groups in total. The Morgan fingerprint density at radius 1 is 1.33 bits per heavy atom. The van der Waals surface area contributed by atoms with Gasteiger partial charge in [-0.05, 0) is 19.5 Å². The van der Waals surface area contributed by atoms with E-state index in [1.54, 1.807) is 12.1 Å². The van der Waals surface area contributed by atoms with E-state index < -0.39 is 0 Å². The Labute approximate surface area is 90.4 Å². The molecule has 1 atom stereocenters. The normalized spacial score (nSPS) is 12.7. The van der Waals surface area contributed by atoms with Gasteiger partial charge in [0.1, 0.15) is 5.82 Å². The molecule has 0 saturated carbocycles. The van der Waals surface area contributed by atoms with Crippen LogP contribution in [0.4, 0.5) is 4.39 Å². The van der Waals surface area contributed by atoms with Gasteiger partial charge in [-0.1, -0.05) is 25.1 Å². The van der Waals surface area contributed by atoms with Crippen LogP contribution in [0.1, 0.15) is 25.5 Å². The molecule has 0 aliphatic carbocycles. The van der Waals surface area contributed by atoms with Crippen LogP contribution in [0.15, 0.2) is 24.3 Å². The lowest BCUT2D eigenvalue weighted by Gasteiger charge is -2.18. The topological polar surface area (TPSA) is 21.3 Å². The van der Waals surface area contributed by atoms with Gasteiger partial charge in [0.15, 0.2) is 0 Å². The quantitative estimate of drug-likeness (QED) is 0.780. The number of halogens is 1. The van der Waals surface area contributed by atoms with E-state index in [9.17, 15) is 4.39 Å². The first-order chi connectivity index (χ1) is 7.29. The zero-order chi connectivity index (χ0) is 11.1. The maximum absolute atomic E-state index is 13.5. The summed E-state index contributed by atoms with van der Waals surface area (Å²) < 4.78 is 19.0. The summed E-state index contributed by atoms with van der Waals surface area (Å²) in [4.78, 5) is 0. The Morgan fingerprint density at radius 2 is 2.07 bits per heavy atom. The van der Waals surface area contributed by atoms with Gasteiger partial charge in [0.25, 0.3) is 0 Å². The minimum atomic E-state index is -0.200. The van der Waals surface area contributed by atoms with Crippen LogP contribution in [0.5, 0.6) is 0 Å². The molecule has 0 aromatic heterocycles. The van der Waals surface area contributed by atoms with E-state index >= 15 is 0 Å². The second kappa shape index (κ2) is 6.53. The predicted octanol–water partition coefficient (Wildman–Crippen LogP) is 2.51. The number of likely N-dealkylation sites (N-methyl/N-ethyl adjacent to an activating group) is 1. The summed E-state index contributed by atoms with van der Waals surface area (Å²) >= 11 is 0. The van der Waals surface area contributed by atoms with Crippen LogP contribution in [0, 0.1) is 5.82 Å². The zero-order valence-electron chi connectivity index (χ0n) is 9.29. The summed E-state index contributed by atoms with van der Waals surface area (Å²) in [6.45, 7) is 6.03. The first-order valence-corrected chi connectivity index (χ1v) is 5.36. The molecule has 0 bridgehead atoms. The van der Waals surface area contributed by atoms with Crippen molar-refractivity contribution < 1.29 is 9.13 Å². The van der Waals surface area contributed by atoms with Gasteiger partial charge in [-0.15, -0.1) is 0 Å². The monoisotopic (exact) mass is 211 g/mol. The Morgan fingerprint density at radius 3 is 2.67 bits per heavy atom. The lowest BCUT2D eigenvalue weighted by molar-refractivity contribution is 0.0602. The fraction of sp³-hybridized carbons (Fsp3) is 0.500. The summed E-state index contributed by atoms with van der Waals surface area (Å²) in [5, 5.41) is 3.17. The Kier molecular flexibility index (Phi) is 5.29. The molecule has 2 nitrogen and oxygen atoms in total. The van der Waals surface area contributed by atoms with Gasteiger partial charge in [-0.2, -0.15) is 0 Å². The Hall–Kier alpha value is -0.930. The number of hydrogen-bond donors (Lipinski definition) is 1. The number of ether oxygens (including phenoxy) is 1. The van der Waals surface area contributed by atoms with Crippen molar-refractivity contribution in [3.05, 3.63) is 35.6 Å². The van der Waals surface area contributed by atoms with Crippen LogP contribution in [0.3, 0.4) is 0 Å². The standard InChI is InChI=1S/C12H18FNO/c1-3-14-9-12(15-4-2)10-7-5-6-8-11(10)13/h5-8,12,14H,3-4,9H2,1-2H3. The van der Waals surface area contributed by atoms with Crippen LogP contribution >= 0.6 is 0 Å². The van der Waals surface area contributed by atoms with E-state index in [1.807, 2.05) is 19.9 Å². The van der Waals surface area contributed by atoms with E-state index in [2.05, 4.69) is 5.32 Å². The van der Waals surface area contributed by atoms with Crippen LogP contribution in [0.2, 0.25) is 0 Å². The zero-order valence-corrected chi connectivity index (χ0v) is 9.29. The van der Waals surface area contributed by atoms with Crippen molar-refractivity contribution in [1.29, 1.82) is 0 Å². The molecular formula is C12H18FNO. The molecule has 0 aliphatic rings. The van der Waals surface area contributed by atoms with Crippen LogP contribution in [-0.4, -0.2) is 19.7 Å². The summed E-state index contributed by atoms with van der Waals surface area (Å²) in [5.74, 6) is -0.200. The van der Waals surface area contributed by atoms with Crippen molar-refractivity contribution in [2.24, 2.45) is 0 Å². The molecule has 1 aromatic rings. The number of rotatable bonds is 6. The average molecular weight is 211 g/mol. The second-order valence-corrected chi connectivity index (χ2v) is 3.27. The van der Waals surface area contributed by atoms with Gasteiger partial charge < -0.3 is 10.1 Å². The third-order valence-corrected chi connectivity index (χ3v) is 2.20. The van der Waals surface area contributed by atoms with Crippen molar-refractivity contribution in [3.8, 4) is 0 Å². The van der Waals surface area contributed by atoms with Crippen molar-refractivity contribution in [3.63, 3.8) is 0 Å². The molecule has 15 heavy (non-hydrogen) atoms. The third kappa shape index (κ3) is 3.61. The van der Waals surface area contributed by atoms with Gasteiger partial charge in [0.05, 0.1) is 6.10 Å². The lowest BCUT2D eigenvalue weighted by atomic mass is 10.1. The van der Waals surface area contributed by atoms with Gasteiger partial charge in [0, 0.05) is 18.7 Å². The molecule has 0 radical (unpaired) electrons. The highest BCUT2D eigenvalue weighted by Gasteiger charge is 2.14. The van der Waals surface area contributed by atoms with E-state index in [0.717, 1.165) is 6.54 Å². The highest BCUT2D eigenvalue weighted by molar-refractivity contribution is 5.20. The minimum absolute atomic E-state index is 0.198. The van der Waals surface area contributed by atoms with Crippen LogP contribution < -0.4 is 5.32 Å². The molecule has 0 spiro atoms. The molecule has 3 heteroatoms. The molecule has 0 fully saturated rings. The maximum atomic E-state index is 13.5. The number of benzene rings is 1. The molecule has 1 rings (SSSR count). The molecule has 1 aromatic carbocycles. The first-order valence-electron chi connectivity index (χ1n) is 5.36. The summed E-state index contributed by atoms with van der Waals surface area (Å²) in [7, 11) is 0. The highest BCUT2D eigenvalue weighted by Crippen LogP contribution is 2.19. The van der Waals surface area contributed by atoms with Gasteiger partial charge in [-0.3, -0.25) is 0 Å². The van der Waals surface area contributed by atoms with Crippen LogP contribution in [-0.2, 0) is 4.74 Å². The summed E-state index contributed by atoms with van der Waals surface area (Å²) in [5.41, 5.74) is 0.625. The number of hydrogen-bond acceptors (Lipinski definition) is 2. The van der Waals surface area contributed by atoms with E-state index in [-0.39, 0.29) is 11.9 Å². The van der Waals surface area contributed by atoms with Crippen molar-refractivity contribution in [2.75, 3.05) is 19.7 Å². The molecular weight excluding hydrogens is 193 g/mol. The summed E-state index contributed by atoms with van der Waals surface area (Å²) in [6.07, 6.45) is -0.198. The van der Waals surface area contributed by atoms with Crippen molar-refractivity contribution in [2.45, 2.75) is 20.0 Å². The van der Waals surface area contributed by atoms with Crippen molar-refractivity contribution in [1.82, 2.24) is 5.32 Å². The summed E-state index contributed by atoms with van der Waals surface area (Å²) in [6, 6.07) is 6.76. The molecule has 84 valence electrons. The Balaban J connectivity index is 2.74. The fourth-order valence-corrected chi connectivity index (χ4v) is 1.47. The highest BCUT2D eigenvalue weighted by atomic mass is 19.1. The SMILES string of the molecule is CCNCC(OCC)c1ccccc1F. The maximum Gasteiger partial charge on any atom is 0.129 e. The smallest absolute Gasteiger partial charge is 0.129 e. The first kappa shape index (κ1) is 12.1. The van der Waals surface area contributed by atoms with Crippen LogP contribution in [0.25, 0.3) is 0 Å². The Bertz CT molecular complexity index is 291. The second-order valence-electron chi connectivity index (χ2n) is 3.27. The average Bonchev–Trinajstić information content (AvgIpc) is 2.25. The van der Waals surface area contributed by atoms with E-state index in [1.165, 1.54) is 6.07 Å². The van der Waals surface area contributed by atoms with Gasteiger partial charge >= 0.3 is 0 Å². The van der Waals surface area contributed by atoms with Crippen molar-refractivity contribution >= 4 is 0 Å². The van der Waals surface area contributed by atoms with Gasteiger partial charge in [-0.25, -0.2) is 4.39 Å². The van der Waals surface area contributed by atoms with E-state index in [4.69, 9.17) is 4.74 Å². The number of nitrogens with one attached hydrogen (secondary N) is 1. The molecule has 0 aliphatic heterocycles. The largest absolute Gasteiger partial charge is 0.372 e. The van der Waals surface area contributed by atoms with Gasteiger partial charge in [0.2, 0.25) is 0 Å². The van der Waals surface area contributed by atoms with E-state index in [0.29, 0.717) is 18.7 Å². The fourth-order valence-electron chi connectivity index (χ4n) is 1.47. The lowest BCUT2D eigenvalue weighted by Crippen LogP contribution is -2.23. The third-order valence-electron chi connectivity index (χ3n) is 2.20.